The van der Waals surface area contributed by atoms with E-state index in [2.05, 4.69) is 20.8 Å². The van der Waals surface area contributed by atoms with Crippen LogP contribution in [0.4, 0.5) is 0 Å². The molecule has 0 bridgehead atoms. The highest BCUT2D eigenvalue weighted by molar-refractivity contribution is 5.52. The van der Waals surface area contributed by atoms with E-state index >= 15 is 0 Å². The van der Waals surface area contributed by atoms with Crippen molar-refractivity contribution in [1.82, 2.24) is 0 Å². The molecule has 0 spiro atoms. The lowest BCUT2D eigenvalue weighted by atomic mass is 9.73. The van der Waals surface area contributed by atoms with Gasteiger partial charge >= 0.3 is 0 Å². The predicted molar refractivity (Wildman–Crippen MR) is 92.1 cm³/mol. The summed E-state index contributed by atoms with van der Waals surface area (Å²) in [7, 11) is 3.15. The van der Waals surface area contributed by atoms with E-state index in [0.717, 1.165) is 6.42 Å². The molecule has 0 aliphatic rings. The van der Waals surface area contributed by atoms with Crippen molar-refractivity contribution in [2.24, 2.45) is 5.41 Å². The van der Waals surface area contributed by atoms with Crippen LogP contribution in [0.1, 0.15) is 64.9 Å². The minimum atomic E-state index is 0.0818. The van der Waals surface area contributed by atoms with Gasteiger partial charge in [-0.25, -0.2) is 0 Å². The smallest absolute Gasteiger partial charge is 0.200 e. The molecule has 0 radical (unpaired) electrons. The summed E-state index contributed by atoms with van der Waals surface area (Å²) in [6.07, 6.45) is 8.41. The molecule has 3 nitrogen and oxygen atoms in total. The van der Waals surface area contributed by atoms with E-state index in [0.29, 0.717) is 16.9 Å². The molecule has 1 aromatic rings. The van der Waals surface area contributed by atoms with E-state index in [1.54, 1.807) is 14.2 Å². The Bertz CT molecular complexity index is 425. The molecule has 126 valence electrons. The Morgan fingerprint density at radius 1 is 0.955 bits per heavy atom. The lowest BCUT2D eigenvalue weighted by Crippen LogP contribution is -2.22. The molecule has 0 amide bonds. The molecule has 1 rings (SSSR count). The largest absolute Gasteiger partial charge is 0.502 e. The van der Waals surface area contributed by atoms with Crippen molar-refractivity contribution >= 4 is 0 Å². The Morgan fingerprint density at radius 2 is 1.50 bits per heavy atom. The van der Waals surface area contributed by atoms with E-state index in [1.165, 1.54) is 44.1 Å². The van der Waals surface area contributed by atoms with Crippen LogP contribution in [0.25, 0.3) is 0 Å². The zero-order chi connectivity index (χ0) is 16.6. The van der Waals surface area contributed by atoms with Crippen molar-refractivity contribution in [3.63, 3.8) is 0 Å². The van der Waals surface area contributed by atoms with Crippen LogP contribution < -0.4 is 9.47 Å². The van der Waals surface area contributed by atoms with Gasteiger partial charge in [0, 0.05) is 0 Å². The maximum absolute atomic E-state index is 10.0. The number of aromatic hydroxyl groups is 1. The summed E-state index contributed by atoms with van der Waals surface area (Å²) in [6.45, 7) is 6.81. The maximum atomic E-state index is 10.0. The number of rotatable bonds is 10. The van der Waals surface area contributed by atoms with Crippen LogP contribution in [0.15, 0.2) is 12.1 Å². The number of phenols is 1. The molecule has 0 atom stereocenters. The van der Waals surface area contributed by atoms with Gasteiger partial charge in [0.25, 0.3) is 0 Å². The molecular weight excluding hydrogens is 276 g/mol. The second-order valence-electron chi connectivity index (χ2n) is 6.19. The lowest BCUT2D eigenvalue weighted by molar-refractivity contribution is 0.227. The maximum Gasteiger partial charge on any atom is 0.200 e. The first-order valence-corrected chi connectivity index (χ1v) is 8.49. The third kappa shape index (κ3) is 4.56. The first-order valence-electron chi connectivity index (χ1n) is 8.49. The summed E-state index contributed by atoms with van der Waals surface area (Å²) < 4.78 is 10.6. The molecule has 0 fully saturated rings. The molecule has 1 N–H and O–H groups in total. The minimum Gasteiger partial charge on any atom is -0.502 e. The molecule has 0 aromatic heterocycles. The van der Waals surface area contributed by atoms with Crippen LogP contribution in [0.3, 0.4) is 0 Å². The van der Waals surface area contributed by atoms with Crippen molar-refractivity contribution in [3.05, 3.63) is 17.7 Å². The zero-order valence-corrected chi connectivity index (χ0v) is 14.9. The number of hydrogen-bond donors (Lipinski definition) is 1. The van der Waals surface area contributed by atoms with Gasteiger partial charge in [0.15, 0.2) is 11.5 Å². The summed E-state index contributed by atoms with van der Waals surface area (Å²) in [5.41, 5.74) is 1.49. The minimum absolute atomic E-state index is 0.0818. The summed E-state index contributed by atoms with van der Waals surface area (Å²) in [4.78, 5) is 0. The van der Waals surface area contributed by atoms with Crippen molar-refractivity contribution in [1.29, 1.82) is 0 Å². The van der Waals surface area contributed by atoms with Gasteiger partial charge in [-0.3, -0.25) is 0 Å². The summed E-state index contributed by atoms with van der Waals surface area (Å²) in [5.74, 6) is 1.06. The third-order valence-electron chi connectivity index (χ3n) is 4.93. The molecule has 0 aliphatic carbocycles. The van der Waals surface area contributed by atoms with Crippen molar-refractivity contribution < 1.29 is 14.6 Å². The van der Waals surface area contributed by atoms with Gasteiger partial charge in [-0.05, 0) is 36.0 Å². The second-order valence-corrected chi connectivity index (χ2v) is 6.19. The Hall–Kier alpha value is -1.38. The normalized spacial score (nSPS) is 11.5. The number of hydrogen-bond acceptors (Lipinski definition) is 3. The fourth-order valence-corrected chi connectivity index (χ4v) is 3.17. The average molecular weight is 308 g/mol. The first kappa shape index (κ1) is 18.7. The number of unbranched alkanes of at least 4 members (excludes halogenated alkanes) is 2. The summed E-state index contributed by atoms with van der Waals surface area (Å²) in [5, 5.41) is 10.0. The molecule has 0 saturated carbocycles. The molecule has 3 heteroatoms. The number of ether oxygens (including phenoxy) is 2. The summed E-state index contributed by atoms with van der Waals surface area (Å²) >= 11 is 0. The van der Waals surface area contributed by atoms with Crippen molar-refractivity contribution in [2.75, 3.05) is 14.2 Å². The highest BCUT2D eigenvalue weighted by Gasteiger charge is 2.27. The standard InChI is InChI=1S/C19H32O3/c1-6-9-10-11-19(7-2,8-3)14-15-12-16(21-4)18(20)17(13-15)22-5/h12-13,20H,6-11,14H2,1-5H3. The highest BCUT2D eigenvalue weighted by Crippen LogP contribution is 2.42. The Balaban J connectivity index is 3.02. The average Bonchev–Trinajstić information content (AvgIpc) is 2.55. The first-order chi connectivity index (χ1) is 10.6. The van der Waals surface area contributed by atoms with E-state index in [1.807, 2.05) is 12.1 Å². The molecule has 0 saturated heterocycles. The van der Waals surface area contributed by atoms with E-state index in [4.69, 9.17) is 9.47 Å². The number of benzene rings is 1. The second kappa shape index (κ2) is 8.92. The van der Waals surface area contributed by atoms with Crippen LogP contribution in [0, 0.1) is 5.41 Å². The highest BCUT2D eigenvalue weighted by atomic mass is 16.5. The Kier molecular flexibility index (Phi) is 7.57. The van der Waals surface area contributed by atoms with Gasteiger partial charge in [0.05, 0.1) is 14.2 Å². The van der Waals surface area contributed by atoms with Gasteiger partial charge in [-0.15, -0.1) is 0 Å². The molecule has 0 aliphatic heterocycles. The number of methoxy groups -OCH3 is 2. The topological polar surface area (TPSA) is 38.7 Å². The molecule has 1 aromatic carbocycles. The van der Waals surface area contributed by atoms with Crippen LogP contribution >= 0.6 is 0 Å². The van der Waals surface area contributed by atoms with E-state index in [9.17, 15) is 5.11 Å². The molecular formula is C19H32O3. The van der Waals surface area contributed by atoms with Crippen LogP contribution in [0.5, 0.6) is 17.2 Å². The quantitative estimate of drug-likeness (QED) is 0.593. The van der Waals surface area contributed by atoms with Gasteiger partial charge in [-0.2, -0.15) is 0 Å². The van der Waals surface area contributed by atoms with Gasteiger partial charge in [0.2, 0.25) is 5.75 Å². The van der Waals surface area contributed by atoms with Gasteiger partial charge in [0.1, 0.15) is 0 Å². The van der Waals surface area contributed by atoms with Gasteiger partial charge < -0.3 is 14.6 Å². The molecule has 0 heterocycles. The van der Waals surface area contributed by atoms with Crippen molar-refractivity contribution in [3.8, 4) is 17.2 Å². The lowest BCUT2D eigenvalue weighted by Gasteiger charge is -2.32. The van der Waals surface area contributed by atoms with E-state index < -0.39 is 0 Å². The fraction of sp³-hybridized carbons (Fsp3) is 0.684. The fourth-order valence-electron chi connectivity index (χ4n) is 3.17. The Morgan fingerprint density at radius 3 is 1.91 bits per heavy atom. The monoisotopic (exact) mass is 308 g/mol. The van der Waals surface area contributed by atoms with Crippen LogP contribution in [-0.4, -0.2) is 19.3 Å². The third-order valence-corrected chi connectivity index (χ3v) is 4.93. The molecule has 0 unspecified atom stereocenters. The Labute approximate surface area is 135 Å². The number of phenolic OH excluding ortho intramolecular Hbond substituents is 1. The zero-order valence-electron chi connectivity index (χ0n) is 14.9. The van der Waals surface area contributed by atoms with Crippen LogP contribution in [0.2, 0.25) is 0 Å². The van der Waals surface area contributed by atoms with Crippen molar-refractivity contribution in [2.45, 2.75) is 65.7 Å². The molecule has 22 heavy (non-hydrogen) atoms. The summed E-state index contributed by atoms with van der Waals surface area (Å²) in [6, 6.07) is 3.88. The van der Waals surface area contributed by atoms with Gasteiger partial charge in [-0.1, -0.05) is 52.9 Å². The predicted octanol–water partition coefficient (Wildman–Crippen LogP) is 5.34. The van der Waals surface area contributed by atoms with E-state index in [-0.39, 0.29) is 5.75 Å². The van der Waals surface area contributed by atoms with Crippen LogP contribution in [-0.2, 0) is 6.42 Å². The SMILES string of the molecule is CCCCCC(CC)(CC)Cc1cc(OC)c(O)c(OC)c1.